The number of aliphatic hydroxyl groups is 1. The Kier molecular flexibility index (Phi) is 16.0. The molecule has 0 unspecified atom stereocenters. The van der Waals surface area contributed by atoms with Crippen molar-refractivity contribution >= 4 is 46.8 Å². The molecule has 13 nitrogen and oxygen atoms in total. The average Bonchev–Trinajstić information content (AvgIpc) is 3.96. The number of imidazole rings is 1. The summed E-state index contributed by atoms with van der Waals surface area (Å²) >= 11 is 12.6. The van der Waals surface area contributed by atoms with Crippen LogP contribution in [0.4, 0.5) is 8.78 Å². The molecule has 0 bridgehead atoms. The van der Waals surface area contributed by atoms with Crippen molar-refractivity contribution in [1.82, 2.24) is 34.5 Å². The summed E-state index contributed by atoms with van der Waals surface area (Å²) in [6.07, 6.45) is 3.82. The summed E-state index contributed by atoms with van der Waals surface area (Å²) in [4.78, 5) is 68.6. The molecule has 354 valence electrons. The highest BCUT2D eigenvalue weighted by molar-refractivity contribution is 6.31. The van der Waals surface area contributed by atoms with E-state index in [1.807, 2.05) is 42.5 Å². The third kappa shape index (κ3) is 11.8. The maximum atomic E-state index is 16.0. The molecule has 0 aliphatic carbocycles. The lowest BCUT2D eigenvalue weighted by molar-refractivity contribution is -0.147. The fourth-order valence-electron chi connectivity index (χ4n) is 8.78. The molecule has 2 saturated heterocycles. The monoisotopic (exact) mass is 957 g/mol. The topological polar surface area (TPSA) is 141 Å². The molecule has 0 spiro atoms. The molecule has 5 aromatic rings. The van der Waals surface area contributed by atoms with Crippen molar-refractivity contribution in [2.75, 3.05) is 40.3 Å². The first-order valence-corrected chi connectivity index (χ1v) is 23.0. The third-order valence-corrected chi connectivity index (χ3v) is 13.2. The fourth-order valence-corrected chi connectivity index (χ4v) is 9.07. The number of nitrogens with one attached hydrogen (secondary N) is 1. The Morgan fingerprint density at radius 3 is 2.15 bits per heavy atom. The zero-order valence-corrected chi connectivity index (χ0v) is 39.4. The molecule has 17 heteroatoms. The number of nitrogens with zero attached hydrogens (tertiary/aromatic N) is 6. The van der Waals surface area contributed by atoms with Gasteiger partial charge in [-0.15, -0.1) is 0 Å². The van der Waals surface area contributed by atoms with Crippen LogP contribution in [-0.2, 0) is 52.2 Å². The number of benzene rings is 4. The number of halogens is 4. The van der Waals surface area contributed by atoms with Gasteiger partial charge in [0.25, 0.3) is 0 Å². The number of likely N-dealkylation sites (N-methyl/N-ethyl adjacent to an activating group) is 2. The molecule has 1 aromatic heterocycles. The molecular formula is C50H55Cl2F2N7O6. The van der Waals surface area contributed by atoms with Crippen LogP contribution in [0.15, 0.2) is 91.1 Å². The van der Waals surface area contributed by atoms with Gasteiger partial charge in [-0.1, -0.05) is 71.7 Å². The SMILES string of the molecule is C[C@H]1C(=O)N[C@@H](CO)C(=O)N(C)[C@H](Cc2ccc(Cl)cc2)CN(C)C(=O)[C@H](Cc2ccccc2)CC(=O)N1Cc1ccc(Cl)cc1Oc1cc(F)c(-c2cnc(CN3CCCC3)n2C)c(F)c1. The van der Waals surface area contributed by atoms with Crippen LogP contribution in [0.3, 0.4) is 0 Å². The minimum atomic E-state index is -1.40. The molecule has 3 heterocycles. The van der Waals surface area contributed by atoms with Gasteiger partial charge in [0, 0.05) is 61.9 Å². The Labute approximate surface area is 399 Å². The molecular weight excluding hydrogens is 903 g/mol. The highest BCUT2D eigenvalue weighted by Gasteiger charge is 2.37. The zero-order chi connectivity index (χ0) is 47.9. The Morgan fingerprint density at radius 2 is 1.48 bits per heavy atom. The summed E-state index contributed by atoms with van der Waals surface area (Å²) in [6, 6.07) is 19.7. The standard InChI is InChI=1S/C50H55Cl2F2N7O6/c1-31-48(64)56-42(30-62)50(66)58(3)38(21-33-12-15-36(51)16-13-33)28-57(2)49(65)35(20-32-10-6-5-7-11-32)22-46(63)61(31)27-34-14-17-37(52)23-44(34)67-39-24-40(53)47(41(54)25-39)43-26-55-45(59(43)4)29-60-18-8-9-19-60/h5-7,10-17,23-26,31,35,38,42,62H,8-9,18-22,27-30H2,1-4H3,(H,56,64)/t31-,35+,38+,42-/m0/s1. The van der Waals surface area contributed by atoms with Crippen LogP contribution < -0.4 is 10.1 Å². The lowest BCUT2D eigenvalue weighted by Crippen LogP contribution is -2.58. The second-order valence-electron chi connectivity index (χ2n) is 17.4. The molecule has 0 radical (unpaired) electrons. The normalized spacial score (nSPS) is 20.3. The van der Waals surface area contributed by atoms with Crippen LogP contribution in [0.2, 0.25) is 10.0 Å². The summed E-state index contributed by atoms with van der Waals surface area (Å²) in [5, 5.41) is 13.9. The number of hydrogen-bond donors (Lipinski definition) is 2. The number of aliphatic hydroxyl groups excluding tert-OH is 1. The van der Waals surface area contributed by atoms with E-state index in [1.54, 1.807) is 50.0 Å². The molecule has 2 aliphatic heterocycles. The number of amides is 4. The second-order valence-corrected chi connectivity index (χ2v) is 18.3. The van der Waals surface area contributed by atoms with Gasteiger partial charge < -0.3 is 34.4 Å². The van der Waals surface area contributed by atoms with E-state index < -0.39 is 60.0 Å². The highest BCUT2D eigenvalue weighted by atomic mass is 35.5. The number of aromatic nitrogens is 2. The van der Waals surface area contributed by atoms with E-state index in [1.165, 1.54) is 33.9 Å². The number of carbonyl (C=O) groups excluding carboxylic acids is 4. The van der Waals surface area contributed by atoms with Crippen molar-refractivity contribution in [2.24, 2.45) is 13.0 Å². The van der Waals surface area contributed by atoms with Crippen molar-refractivity contribution in [3.05, 3.63) is 135 Å². The summed E-state index contributed by atoms with van der Waals surface area (Å²) in [5.41, 5.74) is 1.94. The minimum absolute atomic E-state index is 0.0423. The second kappa shape index (κ2) is 21.8. The summed E-state index contributed by atoms with van der Waals surface area (Å²) in [6.45, 7) is 2.92. The maximum Gasteiger partial charge on any atom is 0.247 e. The van der Waals surface area contributed by atoms with Gasteiger partial charge >= 0.3 is 0 Å². The molecule has 4 amide bonds. The van der Waals surface area contributed by atoms with Crippen molar-refractivity contribution in [1.29, 1.82) is 0 Å². The van der Waals surface area contributed by atoms with Crippen LogP contribution in [0.1, 0.15) is 48.7 Å². The Balaban J connectivity index is 1.20. The number of rotatable bonds is 12. The van der Waals surface area contributed by atoms with E-state index in [4.69, 9.17) is 27.9 Å². The number of carbonyl (C=O) groups is 4. The van der Waals surface area contributed by atoms with Crippen LogP contribution in [0.5, 0.6) is 11.5 Å². The minimum Gasteiger partial charge on any atom is -0.457 e. The third-order valence-electron chi connectivity index (χ3n) is 12.7. The van der Waals surface area contributed by atoms with E-state index >= 15 is 8.78 Å². The zero-order valence-electron chi connectivity index (χ0n) is 37.9. The molecule has 7 rings (SSSR count). The Bertz CT molecular complexity index is 2550. The van der Waals surface area contributed by atoms with Gasteiger partial charge in [-0.05, 0) is 81.1 Å². The quantitative estimate of drug-likeness (QED) is 0.136. The molecule has 4 aromatic carbocycles. The maximum absolute atomic E-state index is 16.0. The largest absolute Gasteiger partial charge is 0.457 e. The molecule has 2 N–H and O–H groups in total. The number of hydrogen-bond acceptors (Lipinski definition) is 8. The molecule has 67 heavy (non-hydrogen) atoms. The van der Waals surface area contributed by atoms with Gasteiger partial charge in [0.1, 0.15) is 41.0 Å². The van der Waals surface area contributed by atoms with Crippen LogP contribution >= 0.6 is 23.2 Å². The van der Waals surface area contributed by atoms with E-state index in [0.717, 1.165) is 49.2 Å². The van der Waals surface area contributed by atoms with Gasteiger partial charge in [-0.3, -0.25) is 24.1 Å². The van der Waals surface area contributed by atoms with Gasteiger partial charge in [0.15, 0.2) is 0 Å². The molecule has 4 atom stereocenters. The number of ether oxygens (including phenoxy) is 1. The first-order valence-electron chi connectivity index (χ1n) is 22.3. The van der Waals surface area contributed by atoms with Gasteiger partial charge in [0.05, 0.1) is 49.1 Å². The summed E-state index contributed by atoms with van der Waals surface area (Å²) in [5.74, 6) is -4.45. The Morgan fingerprint density at radius 1 is 0.821 bits per heavy atom. The van der Waals surface area contributed by atoms with E-state index in [9.17, 15) is 24.3 Å². The lowest BCUT2D eigenvalue weighted by Gasteiger charge is -2.37. The van der Waals surface area contributed by atoms with Gasteiger partial charge in [-0.25, -0.2) is 13.8 Å². The number of likely N-dealkylation sites (tertiary alicyclic amines) is 1. The molecule has 0 saturated carbocycles. The van der Waals surface area contributed by atoms with E-state index in [0.29, 0.717) is 29.4 Å². The smallest absolute Gasteiger partial charge is 0.247 e. The van der Waals surface area contributed by atoms with Crippen molar-refractivity contribution in [2.45, 2.75) is 70.2 Å². The summed E-state index contributed by atoms with van der Waals surface area (Å²) < 4.78 is 39.8. The predicted molar refractivity (Wildman–Crippen MR) is 251 cm³/mol. The fraction of sp³-hybridized carbons (Fsp3) is 0.380. The van der Waals surface area contributed by atoms with Gasteiger partial charge in [0.2, 0.25) is 23.6 Å². The van der Waals surface area contributed by atoms with Crippen LogP contribution in [0, 0.1) is 17.6 Å². The van der Waals surface area contributed by atoms with E-state index in [-0.39, 0.29) is 59.6 Å². The first-order chi connectivity index (χ1) is 32.1. The molecule has 2 aliphatic rings. The van der Waals surface area contributed by atoms with Crippen molar-refractivity contribution in [3.63, 3.8) is 0 Å². The first kappa shape index (κ1) is 49.0. The van der Waals surface area contributed by atoms with Crippen molar-refractivity contribution in [3.8, 4) is 22.8 Å². The Hall–Kier alpha value is -5.87. The lowest BCUT2D eigenvalue weighted by atomic mass is 9.93. The highest BCUT2D eigenvalue weighted by Crippen LogP contribution is 2.35. The van der Waals surface area contributed by atoms with Gasteiger partial charge in [-0.2, -0.15) is 0 Å². The van der Waals surface area contributed by atoms with Crippen molar-refractivity contribution < 1.29 is 37.8 Å². The average molecular weight is 959 g/mol. The van der Waals surface area contributed by atoms with E-state index in [2.05, 4.69) is 15.2 Å². The predicted octanol–water partition coefficient (Wildman–Crippen LogP) is 7.05. The van der Waals surface area contributed by atoms with Crippen LogP contribution in [-0.4, -0.2) is 116 Å². The molecule has 2 fully saturated rings. The summed E-state index contributed by atoms with van der Waals surface area (Å²) in [7, 11) is 4.90. The van der Waals surface area contributed by atoms with Crippen LogP contribution in [0.25, 0.3) is 11.3 Å².